The van der Waals surface area contributed by atoms with Gasteiger partial charge in [-0.3, -0.25) is 9.58 Å². The molecule has 5 heterocycles. The van der Waals surface area contributed by atoms with Gasteiger partial charge in [0.1, 0.15) is 0 Å². The molecular weight excluding hydrogens is 378 g/mol. The van der Waals surface area contributed by atoms with Gasteiger partial charge in [-0.05, 0) is 31.4 Å². The molecular formula is C23H31N5O2. The molecule has 7 heteroatoms. The zero-order valence-electron chi connectivity index (χ0n) is 17.7. The van der Waals surface area contributed by atoms with E-state index in [1.165, 1.54) is 17.7 Å². The summed E-state index contributed by atoms with van der Waals surface area (Å²) in [7, 11) is 2.07. The molecule has 2 amide bonds. The van der Waals surface area contributed by atoms with Crippen molar-refractivity contribution in [2.45, 2.75) is 24.8 Å². The number of piperidine rings is 3. The van der Waals surface area contributed by atoms with Gasteiger partial charge in [0, 0.05) is 56.4 Å². The highest BCUT2D eigenvalue weighted by atomic mass is 16.5. The number of aromatic nitrogens is 2. The smallest absolute Gasteiger partial charge is 0.317 e. The van der Waals surface area contributed by atoms with E-state index >= 15 is 0 Å². The number of benzene rings is 1. The van der Waals surface area contributed by atoms with Gasteiger partial charge < -0.3 is 15.0 Å². The summed E-state index contributed by atoms with van der Waals surface area (Å²) < 4.78 is 7.41. The molecule has 2 bridgehead atoms. The number of hydrogen-bond donors (Lipinski definition) is 1. The summed E-state index contributed by atoms with van der Waals surface area (Å²) in [6, 6.07) is 13.2. The van der Waals surface area contributed by atoms with Crippen LogP contribution in [0.1, 0.15) is 24.5 Å². The molecule has 4 saturated heterocycles. The van der Waals surface area contributed by atoms with Gasteiger partial charge in [-0.1, -0.05) is 30.3 Å². The Labute approximate surface area is 178 Å². The van der Waals surface area contributed by atoms with Gasteiger partial charge in [-0.15, -0.1) is 0 Å². The number of aryl methyl sites for hydroxylation is 1. The molecule has 6 rings (SSSR count). The van der Waals surface area contributed by atoms with Crippen LogP contribution < -0.4 is 5.32 Å². The zero-order valence-corrected chi connectivity index (χ0v) is 17.7. The summed E-state index contributed by atoms with van der Waals surface area (Å²) in [6.07, 6.45) is 2.37. The molecule has 30 heavy (non-hydrogen) atoms. The van der Waals surface area contributed by atoms with Gasteiger partial charge >= 0.3 is 6.03 Å². The topological polar surface area (TPSA) is 62.6 Å². The van der Waals surface area contributed by atoms with Crippen LogP contribution in [0.4, 0.5) is 4.79 Å². The van der Waals surface area contributed by atoms with Crippen LogP contribution in [-0.4, -0.2) is 77.6 Å². The second-order valence-corrected chi connectivity index (χ2v) is 8.77. The SMILES string of the molecule is Cn1nc(-c2ccccc2)cc1C1CN2CCC1CC2CNC(=O)N1CCOCC1. The van der Waals surface area contributed by atoms with E-state index in [4.69, 9.17) is 9.84 Å². The Morgan fingerprint density at radius 1 is 1.20 bits per heavy atom. The van der Waals surface area contributed by atoms with E-state index in [0.29, 0.717) is 44.2 Å². The van der Waals surface area contributed by atoms with Crippen molar-refractivity contribution in [3.05, 3.63) is 42.1 Å². The van der Waals surface area contributed by atoms with Gasteiger partial charge in [0.2, 0.25) is 0 Å². The van der Waals surface area contributed by atoms with Crippen molar-refractivity contribution in [1.29, 1.82) is 0 Å². The highest BCUT2D eigenvalue weighted by molar-refractivity contribution is 5.74. The molecule has 7 nitrogen and oxygen atoms in total. The molecule has 4 aliphatic heterocycles. The molecule has 160 valence electrons. The Morgan fingerprint density at radius 3 is 2.73 bits per heavy atom. The van der Waals surface area contributed by atoms with Gasteiger partial charge in [-0.2, -0.15) is 5.10 Å². The molecule has 0 saturated carbocycles. The van der Waals surface area contributed by atoms with Crippen LogP contribution in [0, 0.1) is 5.92 Å². The number of hydrogen-bond acceptors (Lipinski definition) is 4. The van der Waals surface area contributed by atoms with Crippen molar-refractivity contribution >= 4 is 6.03 Å². The number of urea groups is 1. The Hall–Kier alpha value is -2.38. The van der Waals surface area contributed by atoms with Gasteiger partial charge in [0.25, 0.3) is 0 Å². The molecule has 0 aliphatic carbocycles. The Balaban J connectivity index is 1.23. The maximum atomic E-state index is 12.4. The third kappa shape index (κ3) is 3.84. The lowest BCUT2D eigenvalue weighted by Gasteiger charge is -2.50. The van der Waals surface area contributed by atoms with E-state index in [1.807, 2.05) is 11.0 Å². The van der Waals surface area contributed by atoms with Gasteiger partial charge in [-0.25, -0.2) is 4.79 Å². The quantitative estimate of drug-likeness (QED) is 0.842. The first kappa shape index (κ1) is 19.6. The first-order valence-electron chi connectivity index (χ1n) is 11.1. The summed E-state index contributed by atoms with van der Waals surface area (Å²) in [4.78, 5) is 16.9. The average Bonchev–Trinajstić information content (AvgIpc) is 3.20. The number of ether oxygens (including phenoxy) is 1. The first-order valence-corrected chi connectivity index (χ1v) is 11.1. The van der Waals surface area contributed by atoms with Crippen LogP contribution in [0.2, 0.25) is 0 Å². The van der Waals surface area contributed by atoms with Crippen LogP contribution in [0.15, 0.2) is 36.4 Å². The van der Waals surface area contributed by atoms with E-state index < -0.39 is 0 Å². The van der Waals surface area contributed by atoms with Gasteiger partial charge in [0.05, 0.1) is 18.9 Å². The molecule has 2 aromatic rings. The Bertz CT molecular complexity index is 877. The molecule has 4 aliphatic rings. The normalized spacial score (nSPS) is 28.5. The first-order chi connectivity index (χ1) is 14.7. The highest BCUT2D eigenvalue weighted by Crippen LogP contribution is 2.42. The van der Waals surface area contributed by atoms with Crippen molar-refractivity contribution in [2.24, 2.45) is 13.0 Å². The lowest BCUT2D eigenvalue weighted by atomic mass is 9.74. The summed E-state index contributed by atoms with van der Waals surface area (Å²) in [5.74, 6) is 1.17. The molecule has 1 aromatic heterocycles. The highest BCUT2D eigenvalue weighted by Gasteiger charge is 2.42. The third-order valence-electron chi connectivity index (χ3n) is 7.03. The molecule has 0 spiro atoms. The zero-order chi connectivity index (χ0) is 20.5. The van der Waals surface area contributed by atoms with Crippen molar-refractivity contribution < 1.29 is 9.53 Å². The minimum Gasteiger partial charge on any atom is -0.378 e. The maximum absolute atomic E-state index is 12.4. The summed E-state index contributed by atoms with van der Waals surface area (Å²) >= 11 is 0. The maximum Gasteiger partial charge on any atom is 0.317 e. The number of morpholine rings is 1. The van der Waals surface area contributed by atoms with E-state index in [9.17, 15) is 4.79 Å². The predicted octanol–water partition coefficient (Wildman–Crippen LogP) is 2.31. The monoisotopic (exact) mass is 409 g/mol. The fourth-order valence-electron chi connectivity index (χ4n) is 5.35. The van der Waals surface area contributed by atoms with Crippen LogP contribution >= 0.6 is 0 Å². The van der Waals surface area contributed by atoms with E-state index in [0.717, 1.165) is 31.7 Å². The van der Waals surface area contributed by atoms with Crippen LogP contribution in [0.5, 0.6) is 0 Å². The molecule has 0 radical (unpaired) electrons. The molecule has 4 unspecified atom stereocenters. The summed E-state index contributed by atoms with van der Waals surface area (Å²) in [5, 5.41) is 7.97. The Kier molecular flexibility index (Phi) is 5.48. The third-order valence-corrected chi connectivity index (χ3v) is 7.03. The molecule has 1 aromatic carbocycles. The Morgan fingerprint density at radius 2 is 2.00 bits per heavy atom. The second kappa shape index (κ2) is 8.40. The van der Waals surface area contributed by atoms with Crippen molar-refractivity contribution in [3.63, 3.8) is 0 Å². The molecule has 4 atom stereocenters. The average molecular weight is 410 g/mol. The standard InChI is InChI=1S/C23H31N5O2/c1-26-22(14-21(25-26)17-5-3-2-4-6-17)20-16-28-8-7-18(20)13-19(28)15-24-23(29)27-9-11-30-12-10-27/h2-6,14,18-20H,7-13,15-16H2,1H3,(H,24,29). The van der Waals surface area contributed by atoms with Crippen LogP contribution in [0.3, 0.4) is 0 Å². The van der Waals surface area contributed by atoms with E-state index in [1.54, 1.807) is 0 Å². The number of nitrogens with one attached hydrogen (secondary N) is 1. The largest absolute Gasteiger partial charge is 0.378 e. The number of amides is 2. The lowest BCUT2D eigenvalue weighted by Crippen LogP contribution is -2.57. The molecule has 1 N–H and O–H groups in total. The fourth-order valence-corrected chi connectivity index (χ4v) is 5.35. The van der Waals surface area contributed by atoms with Crippen molar-refractivity contribution in [2.75, 3.05) is 45.9 Å². The van der Waals surface area contributed by atoms with Crippen molar-refractivity contribution in [3.8, 4) is 11.3 Å². The number of carbonyl (C=O) groups is 1. The molecule has 4 fully saturated rings. The predicted molar refractivity (Wildman–Crippen MR) is 115 cm³/mol. The van der Waals surface area contributed by atoms with Crippen molar-refractivity contribution in [1.82, 2.24) is 24.9 Å². The van der Waals surface area contributed by atoms with Gasteiger partial charge in [0.15, 0.2) is 0 Å². The van der Waals surface area contributed by atoms with Crippen LogP contribution in [-0.2, 0) is 11.8 Å². The second-order valence-electron chi connectivity index (χ2n) is 8.77. The minimum absolute atomic E-state index is 0.0524. The van der Waals surface area contributed by atoms with E-state index in [-0.39, 0.29) is 6.03 Å². The number of rotatable bonds is 4. The van der Waals surface area contributed by atoms with Crippen LogP contribution in [0.25, 0.3) is 11.3 Å². The summed E-state index contributed by atoms with van der Waals surface area (Å²) in [6.45, 7) is 5.58. The van der Waals surface area contributed by atoms with E-state index in [2.05, 4.69) is 52.3 Å². The summed E-state index contributed by atoms with van der Waals surface area (Å²) in [5.41, 5.74) is 3.56. The minimum atomic E-state index is 0.0524. The number of nitrogens with zero attached hydrogens (tertiary/aromatic N) is 4. The number of carbonyl (C=O) groups excluding carboxylic acids is 1. The lowest BCUT2D eigenvalue weighted by molar-refractivity contribution is 0.0265. The number of fused-ring (bicyclic) bond motifs is 3. The fraction of sp³-hybridized carbons (Fsp3) is 0.565.